The Morgan fingerprint density at radius 1 is 0.909 bits per heavy atom. The van der Waals surface area contributed by atoms with E-state index in [-0.39, 0.29) is 5.91 Å². The normalized spacial score (nSPS) is 14.7. The Kier molecular flexibility index (Phi) is 6.77. The van der Waals surface area contributed by atoms with Crippen LogP contribution in [0.2, 0.25) is 0 Å². The quantitative estimate of drug-likeness (QED) is 0.572. The Bertz CT molecular complexity index is 1090. The molecule has 1 saturated heterocycles. The molecule has 1 aromatic heterocycles. The van der Waals surface area contributed by atoms with Crippen LogP contribution < -0.4 is 14.4 Å². The van der Waals surface area contributed by atoms with Crippen LogP contribution in [0.25, 0.3) is 11.3 Å². The number of piperazine rings is 1. The standard InChI is InChI=1S/C26H30N4O3/c1-18-13-19(2)15-23(14-18)33-20(3)26(31)30-11-9-29(10-12-30)25-16-24(27-17-28-25)21-5-7-22(32-4)8-6-21/h5-8,13-17,20H,9-12H2,1-4H3. The summed E-state index contributed by atoms with van der Waals surface area (Å²) < 4.78 is 11.2. The zero-order chi connectivity index (χ0) is 23.4. The van der Waals surface area contributed by atoms with Crippen LogP contribution in [0.3, 0.4) is 0 Å². The molecule has 0 N–H and O–H groups in total. The molecule has 1 unspecified atom stereocenters. The first kappa shape index (κ1) is 22.6. The van der Waals surface area contributed by atoms with Crippen molar-refractivity contribution in [1.82, 2.24) is 14.9 Å². The first-order valence-electron chi connectivity index (χ1n) is 11.2. The van der Waals surface area contributed by atoms with E-state index in [1.54, 1.807) is 13.4 Å². The Labute approximate surface area is 195 Å². The molecule has 2 aromatic carbocycles. The van der Waals surface area contributed by atoms with Crippen molar-refractivity contribution in [2.75, 3.05) is 38.2 Å². The molecule has 1 atom stereocenters. The number of aryl methyl sites for hydroxylation is 2. The number of ether oxygens (including phenoxy) is 2. The highest BCUT2D eigenvalue weighted by Gasteiger charge is 2.27. The van der Waals surface area contributed by atoms with Gasteiger partial charge in [-0.2, -0.15) is 0 Å². The summed E-state index contributed by atoms with van der Waals surface area (Å²) in [5.74, 6) is 2.42. The van der Waals surface area contributed by atoms with Crippen molar-refractivity contribution in [3.63, 3.8) is 0 Å². The second kappa shape index (κ2) is 9.90. The van der Waals surface area contributed by atoms with Crippen LogP contribution in [0.15, 0.2) is 54.9 Å². The molecule has 7 heteroatoms. The van der Waals surface area contributed by atoms with Gasteiger partial charge in [0, 0.05) is 37.8 Å². The third kappa shape index (κ3) is 5.42. The average molecular weight is 447 g/mol. The number of anilines is 1. The summed E-state index contributed by atoms with van der Waals surface area (Å²) in [7, 11) is 1.65. The smallest absolute Gasteiger partial charge is 0.263 e. The largest absolute Gasteiger partial charge is 0.497 e. The molecule has 1 fully saturated rings. The number of carbonyl (C=O) groups is 1. The molecule has 3 aromatic rings. The minimum Gasteiger partial charge on any atom is -0.497 e. The van der Waals surface area contributed by atoms with Crippen molar-refractivity contribution in [2.45, 2.75) is 26.9 Å². The second-order valence-corrected chi connectivity index (χ2v) is 8.39. The monoisotopic (exact) mass is 446 g/mol. The Hall–Kier alpha value is -3.61. The summed E-state index contributed by atoms with van der Waals surface area (Å²) in [5, 5.41) is 0. The summed E-state index contributed by atoms with van der Waals surface area (Å²) in [6.45, 7) is 8.54. The number of amides is 1. The van der Waals surface area contributed by atoms with Crippen molar-refractivity contribution < 1.29 is 14.3 Å². The van der Waals surface area contributed by atoms with E-state index in [2.05, 4.69) is 20.9 Å². The van der Waals surface area contributed by atoms with Crippen LogP contribution in [0.1, 0.15) is 18.1 Å². The maximum absolute atomic E-state index is 13.0. The predicted molar refractivity (Wildman–Crippen MR) is 129 cm³/mol. The predicted octanol–water partition coefficient (Wildman–Crippen LogP) is 3.89. The fourth-order valence-corrected chi connectivity index (χ4v) is 4.11. The number of benzene rings is 2. The van der Waals surface area contributed by atoms with E-state index in [4.69, 9.17) is 9.47 Å². The van der Waals surface area contributed by atoms with Crippen LogP contribution >= 0.6 is 0 Å². The second-order valence-electron chi connectivity index (χ2n) is 8.39. The molecule has 4 rings (SSSR count). The minimum atomic E-state index is -0.529. The molecular formula is C26H30N4O3. The molecule has 7 nitrogen and oxygen atoms in total. The Morgan fingerprint density at radius 3 is 2.21 bits per heavy atom. The van der Waals surface area contributed by atoms with E-state index in [1.807, 2.05) is 68.1 Å². The summed E-state index contributed by atoms with van der Waals surface area (Å²) in [6, 6.07) is 15.8. The number of aromatic nitrogens is 2. The van der Waals surface area contributed by atoms with Gasteiger partial charge in [0.15, 0.2) is 6.10 Å². The molecule has 1 amide bonds. The maximum atomic E-state index is 13.0. The van der Waals surface area contributed by atoms with Crippen LogP contribution in [-0.2, 0) is 4.79 Å². The first-order valence-corrected chi connectivity index (χ1v) is 11.2. The molecule has 0 saturated carbocycles. The van der Waals surface area contributed by atoms with Gasteiger partial charge in [-0.3, -0.25) is 4.79 Å². The molecule has 33 heavy (non-hydrogen) atoms. The minimum absolute atomic E-state index is 0.00965. The number of rotatable bonds is 6. The van der Waals surface area contributed by atoms with Gasteiger partial charge in [-0.1, -0.05) is 6.07 Å². The van der Waals surface area contributed by atoms with E-state index >= 15 is 0 Å². The lowest BCUT2D eigenvalue weighted by molar-refractivity contribution is -0.138. The highest BCUT2D eigenvalue weighted by molar-refractivity contribution is 5.81. The Balaban J connectivity index is 1.36. The third-order valence-electron chi connectivity index (χ3n) is 5.81. The van der Waals surface area contributed by atoms with E-state index in [9.17, 15) is 4.79 Å². The van der Waals surface area contributed by atoms with Gasteiger partial charge in [-0.15, -0.1) is 0 Å². The van der Waals surface area contributed by atoms with Gasteiger partial charge in [0.25, 0.3) is 5.91 Å². The molecule has 1 aliphatic heterocycles. The van der Waals surface area contributed by atoms with Crippen LogP contribution in [0.4, 0.5) is 5.82 Å². The number of hydrogen-bond donors (Lipinski definition) is 0. The van der Waals surface area contributed by atoms with Crippen molar-refractivity contribution in [1.29, 1.82) is 0 Å². The molecular weight excluding hydrogens is 416 g/mol. The third-order valence-corrected chi connectivity index (χ3v) is 5.81. The van der Waals surface area contributed by atoms with Gasteiger partial charge < -0.3 is 19.3 Å². The molecule has 0 bridgehead atoms. The summed E-state index contributed by atoms with van der Waals surface area (Å²) in [5.41, 5.74) is 4.11. The molecule has 172 valence electrons. The Morgan fingerprint density at radius 2 is 1.58 bits per heavy atom. The lowest BCUT2D eigenvalue weighted by Gasteiger charge is -2.36. The van der Waals surface area contributed by atoms with Crippen LogP contribution in [0.5, 0.6) is 11.5 Å². The summed E-state index contributed by atoms with van der Waals surface area (Å²) >= 11 is 0. The van der Waals surface area contributed by atoms with Gasteiger partial charge in [-0.25, -0.2) is 9.97 Å². The summed E-state index contributed by atoms with van der Waals surface area (Å²) in [4.78, 5) is 25.9. The van der Waals surface area contributed by atoms with Gasteiger partial charge >= 0.3 is 0 Å². The molecule has 0 radical (unpaired) electrons. The SMILES string of the molecule is COc1ccc(-c2cc(N3CCN(C(=O)C(C)Oc4cc(C)cc(C)c4)CC3)ncn2)cc1. The lowest BCUT2D eigenvalue weighted by atomic mass is 10.1. The number of carbonyl (C=O) groups excluding carboxylic acids is 1. The van der Waals surface area contributed by atoms with E-state index in [0.29, 0.717) is 26.2 Å². The van der Waals surface area contributed by atoms with Gasteiger partial charge in [0.05, 0.1) is 12.8 Å². The highest BCUT2D eigenvalue weighted by Crippen LogP contribution is 2.24. The number of hydrogen-bond acceptors (Lipinski definition) is 6. The van der Waals surface area contributed by atoms with E-state index in [1.165, 1.54) is 0 Å². The van der Waals surface area contributed by atoms with E-state index < -0.39 is 6.10 Å². The van der Waals surface area contributed by atoms with Gasteiger partial charge in [-0.05, 0) is 68.3 Å². The molecule has 1 aliphatic rings. The number of nitrogens with zero attached hydrogens (tertiary/aromatic N) is 4. The van der Waals surface area contributed by atoms with Gasteiger partial charge in [0.2, 0.25) is 0 Å². The van der Waals surface area contributed by atoms with Crippen molar-refractivity contribution in [3.05, 3.63) is 66.0 Å². The van der Waals surface area contributed by atoms with Crippen molar-refractivity contribution >= 4 is 11.7 Å². The summed E-state index contributed by atoms with van der Waals surface area (Å²) in [6.07, 6.45) is 1.06. The molecule has 0 spiro atoms. The zero-order valence-corrected chi connectivity index (χ0v) is 19.6. The van der Waals surface area contributed by atoms with Crippen molar-refractivity contribution in [2.24, 2.45) is 0 Å². The zero-order valence-electron chi connectivity index (χ0n) is 19.6. The first-order chi connectivity index (χ1) is 15.9. The van der Waals surface area contributed by atoms with Crippen molar-refractivity contribution in [3.8, 4) is 22.8 Å². The average Bonchev–Trinajstić information content (AvgIpc) is 2.83. The highest BCUT2D eigenvalue weighted by atomic mass is 16.5. The van der Waals surface area contributed by atoms with Crippen LogP contribution in [-0.4, -0.2) is 60.2 Å². The fraction of sp³-hybridized carbons (Fsp3) is 0.346. The number of methoxy groups -OCH3 is 1. The molecule has 0 aliphatic carbocycles. The topological polar surface area (TPSA) is 67.8 Å². The van der Waals surface area contributed by atoms with Crippen LogP contribution in [0, 0.1) is 13.8 Å². The lowest BCUT2D eigenvalue weighted by Crippen LogP contribution is -2.52. The maximum Gasteiger partial charge on any atom is 0.263 e. The molecule has 2 heterocycles. The van der Waals surface area contributed by atoms with E-state index in [0.717, 1.165) is 39.7 Å². The van der Waals surface area contributed by atoms with Gasteiger partial charge in [0.1, 0.15) is 23.6 Å². The fourth-order valence-electron chi connectivity index (χ4n) is 4.11.